The Kier molecular flexibility index (Phi) is 8.79. The van der Waals surface area contributed by atoms with Gasteiger partial charge in [0.25, 0.3) is 5.97 Å². The summed E-state index contributed by atoms with van der Waals surface area (Å²) in [5, 5.41) is 15.9. The van der Waals surface area contributed by atoms with Gasteiger partial charge in [-0.2, -0.15) is 5.10 Å². The van der Waals surface area contributed by atoms with Crippen molar-refractivity contribution in [3.63, 3.8) is 0 Å². The van der Waals surface area contributed by atoms with Crippen LogP contribution in [0.4, 0.5) is 0 Å². The summed E-state index contributed by atoms with van der Waals surface area (Å²) in [6.45, 7) is 4.95. The molecule has 2 atom stereocenters. The predicted octanol–water partition coefficient (Wildman–Crippen LogP) is 1.22. The highest BCUT2D eigenvalue weighted by Crippen LogP contribution is 2.17. The van der Waals surface area contributed by atoms with E-state index in [2.05, 4.69) is 10.4 Å². The number of carbonyl (C=O) groups excluding carboxylic acids is 2. The molecule has 9 heteroatoms. The first-order chi connectivity index (χ1) is 14.3. The van der Waals surface area contributed by atoms with E-state index in [4.69, 9.17) is 15.6 Å². The summed E-state index contributed by atoms with van der Waals surface area (Å²) in [4.78, 5) is 34.9. The zero-order chi connectivity index (χ0) is 22.1. The fourth-order valence-electron chi connectivity index (χ4n) is 3.48. The number of para-hydroxylation sites is 1. The second kappa shape index (κ2) is 11.3. The van der Waals surface area contributed by atoms with Gasteiger partial charge < -0.3 is 21.1 Å². The van der Waals surface area contributed by atoms with E-state index in [-0.39, 0.29) is 23.8 Å². The van der Waals surface area contributed by atoms with Crippen molar-refractivity contribution in [1.82, 2.24) is 20.0 Å². The Morgan fingerprint density at radius 2 is 1.90 bits per heavy atom. The maximum absolute atomic E-state index is 12.5. The lowest BCUT2D eigenvalue weighted by Crippen LogP contribution is -2.42. The zero-order valence-corrected chi connectivity index (χ0v) is 17.6. The molecule has 2 aromatic rings. The molecule has 1 saturated heterocycles. The molecule has 0 unspecified atom stereocenters. The first kappa shape index (κ1) is 23.3. The summed E-state index contributed by atoms with van der Waals surface area (Å²) < 4.78 is 1.96. The molecule has 2 amide bonds. The lowest BCUT2D eigenvalue weighted by Gasteiger charge is -2.23. The van der Waals surface area contributed by atoms with Crippen LogP contribution in [0, 0.1) is 5.92 Å². The van der Waals surface area contributed by atoms with Crippen molar-refractivity contribution in [2.45, 2.75) is 45.7 Å². The van der Waals surface area contributed by atoms with E-state index in [0.29, 0.717) is 19.6 Å². The van der Waals surface area contributed by atoms with Crippen LogP contribution in [0.5, 0.6) is 0 Å². The van der Waals surface area contributed by atoms with Crippen molar-refractivity contribution in [3.8, 4) is 0 Å². The quantitative estimate of drug-likeness (QED) is 0.627. The highest BCUT2D eigenvalue weighted by atomic mass is 16.4. The molecule has 1 aromatic carbocycles. The first-order valence-electron chi connectivity index (χ1n) is 10.2. The van der Waals surface area contributed by atoms with Gasteiger partial charge in [-0.3, -0.25) is 19.1 Å². The van der Waals surface area contributed by atoms with Gasteiger partial charge in [-0.15, -0.1) is 0 Å². The number of aryl methyl sites for hydroxylation is 1. The number of aliphatic carboxylic acids is 1. The minimum Gasteiger partial charge on any atom is -0.481 e. The third-order valence-corrected chi connectivity index (χ3v) is 4.99. The Bertz CT molecular complexity index is 862. The number of hydrogen-bond donors (Lipinski definition) is 3. The summed E-state index contributed by atoms with van der Waals surface area (Å²) in [5.74, 6) is -1.03. The van der Waals surface area contributed by atoms with Gasteiger partial charge in [0.2, 0.25) is 11.8 Å². The molecule has 0 spiro atoms. The summed E-state index contributed by atoms with van der Waals surface area (Å²) >= 11 is 0. The molecule has 9 nitrogen and oxygen atoms in total. The Morgan fingerprint density at radius 3 is 2.60 bits per heavy atom. The van der Waals surface area contributed by atoms with Crippen LogP contribution in [0.25, 0.3) is 10.9 Å². The number of nitrogens with zero attached hydrogens (tertiary/aromatic N) is 3. The van der Waals surface area contributed by atoms with Crippen LogP contribution in [-0.2, 0) is 20.9 Å². The van der Waals surface area contributed by atoms with Crippen LogP contribution < -0.4 is 11.1 Å². The highest BCUT2D eigenvalue weighted by Gasteiger charge is 2.28. The normalized spacial score (nSPS) is 18.8. The van der Waals surface area contributed by atoms with E-state index in [9.17, 15) is 9.59 Å². The number of nitrogens with two attached hydrogens (primary N) is 1. The second-order valence-corrected chi connectivity index (χ2v) is 7.55. The molecule has 1 aliphatic heterocycles. The number of rotatable bonds is 5. The third-order valence-electron chi connectivity index (χ3n) is 4.99. The van der Waals surface area contributed by atoms with Crippen molar-refractivity contribution < 1.29 is 19.5 Å². The smallest absolute Gasteiger partial charge is 0.300 e. The molecule has 0 saturated carbocycles. The van der Waals surface area contributed by atoms with E-state index in [0.717, 1.165) is 43.6 Å². The molecule has 2 heterocycles. The van der Waals surface area contributed by atoms with Gasteiger partial charge in [0.15, 0.2) is 0 Å². The lowest BCUT2D eigenvalue weighted by atomic mass is 10.0. The van der Waals surface area contributed by atoms with Crippen LogP contribution >= 0.6 is 0 Å². The molecule has 3 rings (SSSR count). The van der Waals surface area contributed by atoms with E-state index in [1.807, 2.05) is 35.1 Å². The number of carboxylic acid groups (broad SMARTS) is 1. The number of carbonyl (C=O) groups is 3. The van der Waals surface area contributed by atoms with E-state index < -0.39 is 5.97 Å². The zero-order valence-electron chi connectivity index (χ0n) is 17.6. The Balaban J connectivity index is 0.000000735. The molecule has 1 aliphatic rings. The number of likely N-dealkylation sites (tertiary alicyclic amines) is 1. The van der Waals surface area contributed by atoms with Crippen molar-refractivity contribution in [2.75, 3.05) is 19.6 Å². The average Bonchev–Trinajstić information content (AvgIpc) is 2.98. The van der Waals surface area contributed by atoms with Gasteiger partial charge in [0.1, 0.15) is 0 Å². The summed E-state index contributed by atoms with van der Waals surface area (Å²) in [6.07, 6.45) is 4.15. The predicted molar refractivity (Wildman–Crippen MR) is 114 cm³/mol. The van der Waals surface area contributed by atoms with E-state index >= 15 is 0 Å². The summed E-state index contributed by atoms with van der Waals surface area (Å²) in [7, 11) is 0. The van der Waals surface area contributed by atoms with Crippen LogP contribution in [0.3, 0.4) is 0 Å². The number of fused-ring (bicyclic) bond motifs is 1. The molecule has 1 aromatic heterocycles. The fraction of sp³-hybridized carbons (Fsp3) is 0.524. The first-order valence-corrected chi connectivity index (χ1v) is 10.2. The Morgan fingerprint density at radius 1 is 1.20 bits per heavy atom. The molecule has 4 N–H and O–H groups in total. The minimum absolute atomic E-state index is 0.00988. The number of aromatic nitrogens is 2. The number of nitrogens with one attached hydrogen (secondary N) is 1. The minimum atomic E-state index is -0.833. The lowest BCUT2D eigenvalue weighted by molar-refractivity contribution is -0.134. The van der Waals surface area contributed by atoms with Crippen molar-refractivity contribution in [1.29, 1.82) is 0 Å². The Labute approximate surface area is 176 Å². The van der Waals surface area contributed by atoms with Gasteiger partial charge in [0, 0.05) is 51.5 Å². The van der Waals surface area contributed by atoms with E-state index in [1.165, 1.54) is 6.92 Å². The third kappa shape index (κ3) is 7.14. The number of benzene rings is 1. The molecule has 0 bridgehead atoms. The topological polar surface area (TPSA) is 131 Å². The van der Waals surface area contributed by atoms with E-state index in [1.54, 1.807) is 4.90 Å². The molecule has 0 aliphatic carbocycles. The maximum atomic E-state index is 12.5. The fourth-order valence-corrected chi connectivity index (χ4v) is 3.48. The number of hydrogen-bond acceptors (Lipinski definition) is 5. The van der Waals surface area contributed by atoms with Crippen LogP contribution in [0.15, 0.2) is 30.5 Å². The standard InChI is InChI=1S/C19H27N5O2.C2H4O2/c1-14(25)23-12-16(7-8-17(20)13-23)19(26)21-9-4-10-24-18-6-3-2-5-15(18)11-22-24;1-2(3)4/h2-3,5-6,11,16-17H,4,7-10,12-13,20H2,1H3,(H,21,26);1H3,(H,3,4)/t16-,17+;/m1./s1. The van der Waals surface area contributed by atoms with Gasteiger partial charge >= 0.3 is 0 Å². The molecule has 164 valence electrons. The highest BCUT2D eigenvalue weighted by molar-refractivity contribution is 5.80. The average molecular weight is 418 g/mol. The SMILES string of the molecule is CC(=O)N1C[C@@H](N)CC[C@@H](C(=O)NCCCn2ncc3ccccc32)C1.CC(=O)O. The largest absolute Gasteiger partial charge is 0.481 e. The van der Waals surface area contributed by atoms with Gasteiger partial charge in [-0.1, -0.05) is 18.2 Å². The number of amides is 2. The molecule has 1 fully saturated rings. The molecular formula is C21H31N5O4. The summed E-state index contributed by atoms with van der Waals surface area (Å²) in [5.41, 5.74) is 7.12. The molecule has 30 heavy (non-hydrogen) atoms. The van der Waals surface area contributed by atoms with Crippen molar-refractivity contribution in [2.24, 2.45) is 11.7 Å². The second-order valence-electron chi connectivity index (χ2n) is 7.55. The van der Waals surface area contributed by atoms with Crippen LogP contribution in [0.2, 0.25) is 0 Å². The number of carboxylic acids is 1. The van der Waals surface area contributed by atoms with Gasteiger partial charge in [-0.25, -0.2) is 0 Å². The van der Waals surface area contributed by atoms with Gasteiger partial charge in [0.05, 0.1) is 17.6 Å². The monoisotopic (exact) mass is 417 g/mol. The molecule has 0 radical (unpaired) electrons. The maximum Gasteiger partial charge on any atom is 0.300 e. The van der Waals surface area contributed by atoms with Crippen molar-refractivity contribution >= 4 is 28.7 Å². The van der Waals surface area contributed by atoms with Gasteiger partial charge in [-0.05, 0) is 25.3 Å². The Hall–Kier alpha value is -2.94. The van der Waals surface area contributed by atoms with Crippen molar-refractivity contribution in [3.05, 3.63) is 30.5 Å². The summed E-state index contributed by atoms with van der Waals surface area (Å²) in [6, 6.07) is 8.03. The van der Waals surface area contributed by atoms with Crippen LogP contribution in [0.1, 0.15) is 33.1 Å². The van der Waals surface area contributed by atoms with Crippen LogP contribution in [-0.4, -0.2) is 63.2 Å². The molecular weight excluding hydrogens is 386 g/mol.